The van der Waals surface area contributed by atoms with Gasteiger partial charge in [0.2, 0.25) is 5.95 Å². The number of likely N-dealkylation sites (tertiary alicyclic amines) is 1. The molecule has 2 aromatic carbocycles. The maximum absolute atomic E-state index is 14.0. The van der Waals surface area contributed by atoms with Gasteiger partial charge in [0, 0.05) is 30.1 Å². The van der Waals surface area contributed by atoms with E-state index in [4.69, 9.17) is 22.1 Å². The molecule has 2 heterocycles. The number of nitrogens with two attached hydrogens (primary N) is 1. The number of nitrogens with one attached hydrogen (secondary N) is 1. The van der Waals surface area contributed by atoms with Crippen molar-refractivity contribution in [1.29, 1.82) is 0 Å². The predicted molar refractivity (Wildman–Crippen MR) is 126 cm³/mol. The SMILES string of the molecule is Nc1n[nH]c(Cc2cc(Cl)c(-c3ccc(OC4CCCN(CCC(F)(F)F)C4)cc3)c(C(F)(F)F)c2)n1. The van der Waals surface area contributed by atoms with Crippen LogP contribution in [-0.4, -0.2) is 52.0 Å². The monoisotopic (exact) mass is 547 g/mol. The van der Waals surface area contributed by atoms with Gasteiger partial charge < -0.3 is 10.5 Å². The molecule has 4 rings (SSSR count). The first-order valence-electron chi connectivity index (χ1n) is 11.5. The second-order valence-corrected chi connectivity index (χ2v) is 9.29. The van der Waals surface area contributed by atoms with Crippen molar-refractivity contribution in [2.75, 3.05) is 25.4 Å². The van der Waals surface area contributed by atoms with Gasteiger partial charge in [0.05, 0.1) is 12.0 Å². The molecule has 1 aliphatic heterocycles. The fourth-order valence-electron chi connectivity index (χ4n) is 4.35. The van der Waals surface area contributed by atoms with Crippen LogP contribution in [0.4, 0.5) is 32.3 Å². The Morgan fingerprint density at radius 1 is 1.11 bits per heavy atom. The number of aromatic amines is 1. The Morgan fingerprint density at radius 2 is 1.84 bits per heavy atom. The summed E-state index contributed by atoms with van der Waals surface area (Å²) in [4.78, 5) is 5.62. The fourth-order valence-corrected chi connectivity index (χ4v) is 4.71. The van der Waals surface area contributed by atoms with Gasteiger partial charge >= 0.3 is 12.4 Å². The minimum Gasteiger partial charge on any atom is -0.489 e. The first-order chi connectivity index (χ1) is 17.4. The highest BCUT2D eigenvalue weighted by molar-refractivity contribution is 6.33. The first-order valence-corrected chi connectivity index (χ1v) is 11.9. The standard InChI is InChI=1S/C24H24ClF6N5O/c25-19-11-14(12-20-33-22(32)35-34-20)10-18(24(29,30)31)21(19)15-3-5-16(6-4-15)37-17-2-1-8-36(13-17)9-7-23(26,27)28/h3-6,10-11,17H,1-2,7-9,12-13H2,(H3,32,33,34,35). The smallest absolute Gasteiger partial charge is 0.417 e. The van der Waals surface area contributed by atoms with E-state index in [2.05, 4.69) is 15.2 Å². The number of H-pyrrole nitrogens is 1. The molecule has 0 bridgehead atoms. The predicted octanol–water partition coefficient (Wildman–Crippen LogP) is 6.11. The number of hydrogen-bond acceptors (Lipinski definition) is 5. The van der Waals surface area contributed by atoms with Gasteiger partial charge in [0.25, 0.3) is 0 Å². The molecule has 1 unspecified atom stereocenters. The molecule has 0 spiro atoms. The third-order valence-electron chi connectivity index (χ3n) is 6.00. The van der Waals surface area contributed by atoms with Crippen LogP contribution in [0.1, 0.15) is 36.2 Å². The van der Waals surface area contributed by atoms with Gasteiger partial charge in [-0.15, -0.1) is 5.10 Å². The van der Waals surface area contributed by atoms with Crippen molar-refractivity contribution in [2.45, 2.75) is 44.1 Å². The van der Waals surface area contributed by atoms with E-state index in [1.54, 1.807) is 4.90 Å². The maximum atomic E-state index is 14.0. The number of ether oxygens (including phenoxy) is 1. The van der Waals surface area contributed by atoms with E-state index in [1.807, 2.05) is 0 Å². The number of aromatic nitrogens is 3. The maximum Gasteiger partial charge on any atom is 0.417 e. The van der Waals surface area contributed by atoms with Gasteiger partial charge in [-0.1, -0.05) is 23.7 Å². The lowest BCUT2D eigenvalue weighted by atomic mass is 9.95. The number of rotatable bonds is 7. The molecule has 0 amide bonds. The molecule has 1 saturated heterocycles. The topological polar surface area (TPSA) is 80.1 Å². The van der Waals surface area contributed by atoms with Crippen LogP contribution in [0, 0.1) is 0 Å². The highest BCUT2D eigenvalue weighted by Crippen LogP contribution is 2.42. The van der Waals surface area contributed by atoms with Crippen LogP contribution in [0.25, 0.3) is 11.1 Å². The lowest BCUT2D eigenvalue weighted by molar-refractivity contribution is -0.139. The number of piperidine rings is 1. The van der Waals surface area contributed by atoms with Crippen LogP contribution < -0.4 is 10.5 Å². The van der Waals surface area contributed by atoms with Crippen LogP contribution in [0.15, 0.2) is 36.4 Å². The van der Waals surface area contributed by atoms with Crippen molar-refractivity contribution in [3.05, 3.63) is 58.4 Å². The van der Waals surface area contributed by atoms with E-state index in [-0.39, 0.29) is 46.7 Å². The Hall–Kier alpha value is -2.99. The van der Waals surface area contributed by atoms with Gasteiger partial charge in [0.15, 0.2) is 0 Å². The highest BCUT2D eigenvalue weighted by atomic mass is 35.5. The summed E-state index contributed by atoms with van der Waals surface area (Å²) >= 11 is 6.33. The molecule has 3 aromatic rings. The zero-order chi connectivity index (χ0) is 26.8. The van der Waals surface area contributed by atoms with Gasteiger partial charge in [0.1, 0.15) is 17.7 Å². The molecule has 0 saturated carbocycles. The van der Waals surface area contributed by atoms with E-state index in [0.29, 0.717) is 37.5 Å². The Labute approximate surface area is 213 Å². The third kappa shape index (κ3) is 7.29. The van der Waals surface area contributed by atoms with E-state index in [1.165, 1.54) is 30.3 Å². The Kier molecular flexibility index (Phi) is 7.88. The van der Waals surface area contributed by atoms with Gasteiger partial charge in [-0.3, -0.25) is 10.00 Å². The number of hydrogen-bond donors (Lipinski definition) is 2. The normalized spacial score (nSPS) is 17.2. The van der Waals surface area contributed by atoms with Gasteiger partial charge in [-0.05, 0) is 54.8 Å². The minimum absolute atomic E-state index is 0.0155. The fraction of sp³-hybridized carbons (Fsp3) is 0.417. The van der Waals surface area contributed by atoms with E-state index in [9.17, 15) is 26.3 Å². The third-order valence-corrected chi connectivity index (χ3v) is 6.29. The van der Waals surface area contributed by atoms with Crippen LogP contribution >= 0.6 is 11.6 Å². The molecule has 37 heavy (non-hydrogen) atoms. The molecule has 0 radical (unpaired) electrons. The number of halogens is 7. The van der Waals surface area contributed by atoms with Crippen LogP contribution in [-0.2, 0) is 12.6 Å². The molecule has 1 aliphatic rings. The molecule has 200 valence electrons. The quantitative estimate of drug-likeness (QED) is 0.349. The van der Waals surface area contributed by atoms with Crippen LogP contribution in [0.2, 0.25) is 5.02 Å². The Morgan fingerprint density at radius 3 is 2.46 bits per heavy atom. The number of anilines is 1. The average molecular weight is 548 g/mol. The van der Waals surface area contributed by atoms with Crippen molar-refractivity contribution in [3.63, 3.8) is 0 Å². The molecule has 3 N–H and O–H groups in total. The largest absolute Gasteiger partial charge is 0.489 e. The minimum atomic E-state index is -4.67. The van der Waals surface area contributed by atoms with Crippen LogP contribution in [0.5, 0.6) is 5.75 Å². The summed E-state index contributed by atoms with van der Waals surface area (Å²) < 4.78 is 85.5. The lowest BCUT2D eigenvalue weighted by Crippen LogP contribution is -2.42. The molecule has 6 nitrogen and oxygen atoms in total. The van der Waals surface area contributed by atoms with Crippen molar-refractivity contribution in [3.8, 4) is 16.9 Å². The number of alkyl halides is 6. The summed E-state index contributed by atoms with van der Waals surface area (Å²) in [5.41, 5.74) is 4.92. The molecule has 1 fully saturated rings. The second kappa shape index (κ2) is 10.8. The Bertz CT molecular complexity index is 1210. The summed E-state index contributed by atoms with van der Waals surface area (Å²) in [5.74, 6) is 0.699. The lowest BCUT2D eigenvalue weighted by Gasteiger charge is -2.33. The first kappa shape index (κ1) is 27.1. The molecule has 1 aromatic heterocycles. The molecule has 13 heteroatoms. The van der Waals surface area contributed by atoms with Crippen molar-refractivity contribution in [2.24, 2.45) is 0 Å². The molecule has 1 atom stereocenters. The number of nitrogens with zero attached hydrogens (tertiary/aromatic N) is 3. The second-order valence-electron chi connectivity index (χ2n) is 8.89. The average Bonchev–Trinajstić information content (AvgIpc) is 3.22. The van der Waals surface area contributed by atoms with Crippen molar-refractivity contribution < 1.29 is 31.1 Å². The van der Waals surface area contributed by atoms with Crippen molar-refractivity contribution >= 4 is 17.5 Å². The van der Waals surface area contributed by atoms with E-state index < -0.39 is 24.3 Å². The summed E-state index contributed by atoms with van der Waals surface area (Å²) in [6.45, 7) is 0.814. The molecule has 0 aliphatic carbocycles. The Balaban J connectivity index is 1.50. The van der Waals surface area contributed by atoms with Gasteiger partial charge in [-0.2, -0.15) is 31.3 Å². The molecular formula is C24H24ClF6N5O. The number of benzene rings is 2. The zero-order valence-corrected chi connectivity index (χ0v) is 20.2. The van der Waals surface area contributed by atoms with E-state index in [0.717, 1.165) is 6.07 Å². The van der Waals surface area contributed by atoms with Gasteiger partial charge in [-0.25, -0.2) is 0 Å². The highest BCUT2D eigenvalue weighted by Gasteiger charge is 2.35. The zero-order valence-electron chi connectivity index (χ0n) is 19.5. The number of nitrogen functional groups attached to an aromatic ring is 1. The van der Waals surface area contributed by atoms with Crippen molar-refractivity contribution in [1.82, 2.24) is 20.1 Å². The summed E-state index contributed by atoms with van der Waals surface area (Å²) in [6, 6.07) is 8.48. The summed E-state index contributed by atoms with van der Waals surface area (Å²) in [5, 5.41) is 6.14. The summed E-state index contributed by atoms with van der Waals surface area (Å²) in [7, 11) is 0. The summed E-state index contributed by atoms with van der Waals surface area (Å²) in [6.07, 6.45) is -8.70. The van der Waals surface area contributed by atoms with E-state index >= 15 is 0 Å². The van der Waals surface area contributed by atoms with Crippen LogP contribution in [0.3, 0.4) is 0 Å². The molecular weight excluding hydrogens is 524 g/mol.